The van der Waals surface area contributed by atoms with Gasteiger partial charge in [0.1, 0.15) is 0 Å². The molecule has 94 valence electrons. The smallest absolute Gasteiger partial charge is 0.320 e. The van der Waals surface area contributed by atoms with E-state index in [-0.39, 0.29) is 6.03 Å². The maximum atomic E-state index is 11.8. The summed E-state index contributed by atoms with van der Waals surface area (Å²) in [6.45, 7) is 2.20. The Labute approximate surface area is 102 Å². The van der Waals surface area contributed by atoms with Crippen molar-refractivity contribution in [1.82, 2.24) is 15.1 Å². The van der Waals surface area contributed by atoms with Gasteiger partial charge in [0.2, 0.25) is 0 Å². The number of hydrogen-bond acceptors (Lipinski definition) is 2. The van der Waals surface area contributed by atoms with E-state index < -0.39 is 0 Å². The molecule has 0 aromatic carbocycles. The number of rotatable bonds is 2. The molecule has 1 fully saturated rings. The van der Waals surface area contributed by atoms with Crippen LogP contribution in [0, 0.1) is 5.92 Å². The lowest BCUT2D eigenvalue weighted by Crippen LogP contribution is -2.43. The molecule has 2 atom stereocenters. The molecule has 0 saturated heterocycles. The van der Waals surface area contributed by atoms with Gasteiger partial charge in [-0.05, 0) is 18.8 Å². The van der Waals surface area contributed by atoms with E-state index in [1.54, 1.807) is 16.9 Å². The van der Waals surface area contributed by atoms with Crippen LogP contribution in [0.3, 0.4) is 0 Å². The summed E-state index contributed by atoms with van der Waals surface area (Å²) in [7, 11) is 1.83. The van der Waals surface area contributed by atoms with Crippen LogP contribution in [0.4, 0.5) is 10.6 Å². The minimum atomic E-state index is -0.151. The Hall–Kier alpha value is -1.52. The number of hydrogen-bond donors (Lipinski definition) is 2. The standard InChI is InChI=1S/C12H20N4O/c1-9-5-3-4-6-10(9)13-12(17)14-11-7-8-16(2)15-11/h7-10H,3-6H2,1-2H3,(H2,13,14,15,17). The maximum absolute atomic E-state index is 11.8. The summed E-state index contributed by atoms with van der Waals surface area (Å²) >= 11 is 0. The summed E-state index contributed by atoms with van der Waals surface area (Å²) in [5.74, 6) is 1.16. The molecular weight excluding hydrogens is 216 g/mol. The van der Waals surface area contributed by atoms with E-state index in [0.717, 1.165) is 6.42 Å². The van der Waals surface area contributed by atoms with Crippen LogP contribution >= 0.6 is 0 Å². The van der Waals surface area contributed by atoms with E-state index in [1.165, 1.54) is 19.3 Å². The predicted molar refractivity (Wildman–Crippen MR) is 66.8 cm³/mol. The van der Waals surface area contributed by atoms with Crippen LogP contribution in [0.5, 0.6) is 0 Å². The van der Waals surface area contributed by atoms with Gasteiger partial charge in [-0.2, -0.15) is 5.10 Å². The highest BCUT2D eigenvalue weighted by atomic mass is 16.2. The van der Waals surface area contributed by atoms with Crippen LogP contribution in [-0.2, 0) is 7.05 Å². The molecule has 1 aliphatic carbocycles. The molecule has 0 bridgehead atoms. The number of carbonyl (C=O) groups excluding carboxylic acids is 1. The normalized spacial score (nSPS) is 24.4. The molecule has 0 spiro atoms. The molecule has 2 unspecified atom stereocenters. The highest BCUT2D eigenvalue weighted by Gasteiger charge is 2.22. The van der Waals surface area contributed by atoms with Crippen molar-refractivity contribution in [2.45, 2.75) is 38.6 Å². The molecule has 2 N–H and O–H groups in total. The van der Waals surface area contributed by atoms with Crippen molar-refractivity contribution in [3.63, 3.8) is 0 Å². The molecule has 5 heteroatoms. The van der Waals surface area contributed by atoms with Crippen molar-refractivity contribution in [1.29, 1.82) is 0 Å². The number of amides is 2. The van der Waals surface area contributed by atoms with Crippen molar-refractivity contribution in [2.75, 3.05) is 5.32 Å². The first kappa shape index (κ1) is 12.0. The number of nitrogens with zero attached hydrogens (tertiary/aromatic N) is 2. The van der Waals surface area contributed by atoms with Crippen molar-refractivity contribution < 1.29 is 4.79 Å². The summed E-state index contributed by atoms with van der Waals surface area (Å²) in [4.78, 5) is 11.8. The number of anilines is 1. The van der Waals surface area contributed by atoms with E-state index in [4.69, 9.17) is 0 Å². The zero-order valence-corrected chi connectivity index (χ0v) is 10.4. The van der Waals surface area contributed by atoms with Gasteiger partial charge in [0, 0.05) is 25.4 Å². The van der Waals surface area contributed by atoms with Crippen LogP contribution in [0.1, 0.15) is 32.6 Å². The number of urea groups is 1. The molecular formula is C12H20N4O. The van der Waals surface area contributed by atoms with Crippen LogP contribution in [0.25, 0.3) is 0 Å². The van der Waals surface area contributed by atoms with Crippen LogP contribution in [-0.4, -0.2) is 21.9 Å². The van der Waals surface area contributed by atoms with E-state index in [1.807, 2.05) is 7.05 Å². The third-order valence-electron chi connectivity index (χ3n) is 3.38. The first-order valence-corrected chi connectivity index (χ1v) is 6.22. The van der Waals surface area contributed by atoms with E-state index >= 15 is 0 Å². The lowest BCUT2D eigenvalue weighted by molar-refractivity contribution is 0.232. The second-order valence-electron chi connectivity index (χ2n) is 4.84. The largest absolute Gasteiger partial charge is 0.335 e. The summed E-state index contributed by atoms with van der Waals surface area (Å²) in [5, 5.41) is 9.88. The minimum absolute atomic E-state index is 0.151. The fourth-order valence-corrected chi connectivity index (χ4v) is 2.33. The molecule has 1 aromatic heterocycles. The van der Waals surface area contributed by atoms with E-state index in [9.17, 15) is 4.79 Å². The summed E-state index contributed by atoms with van der Waals surface area (Å²) < 4.78 is 1.67. The van der Waals surface area contributed by atoms with Crippen molar-refractivity contribution in [3.05, 3.63) is 12.3 Å². The Balaban J connectivity index is 1.84. The van der Waals surface area contributed by atoms with Gasteiger partial charge in [-0.15, -0.1) is 0 Å². The molecule has 1 heterocycles. The first-order valence-electron chi connectivity index (χ1n) is 6.22. The molecule has 0 radical (unpaired) electrons. The molecule has 2 rings (SSSR count). The summed E-state index contributed by atoms with van der Waals surface area (Å²) in [5.41, 5.74) is 0. The maximum Gasteiger partial charge on any atom is 0.320 e. The number of carbonyl (C=O) groups is 1. The molecule has 5 nitrogen and oxygen atoms in total. The Bertz CT molecular complexity index is 388. The third-order valence-corrected chi connectivity index (χ3v) is 3.38. The fourth-order valence-electron chi connectivity index (χ4n) is 2.33. The van der Waals surface area contributed by atoms with Gasteiger partial charge in [0.05, 0.1) is 0 Å². The van der Waals surface area contributed by atoms with E-state index in [0.29, 0.717) is 17.8 Å². The Morgan fingerprint density at radius 1 is 1.47 bits per heavy atom. The topological polar surface area (TPSA) is 59.0 Å². The first-order chi connectivity index (χ1) is 8.15. The van der Waals surface area contributed by atoms with E-state index in [2.05, 4.69) is 22.7 Å². The van der Waals surface area contributed by atoms with Gasteiger partial charge in [-0.25, -0.2) is 4.79 Å². The van der Waals surface area contributed by atoms with Crippen molar-refractivity contribution >= 4 is 11.8 Å². The number of nitrogens with one attached hydrogen (secondary N) is 2. The highest BCUT2D eigenvalue weighted by molar-refractivity contribution is 5.88. The molecule has 0 aliphatic heterocycles. The van der Waals surface area contributed by atoms with Crippen molar-refractivity contribution in [2.24, 2.45) is 13.0 Å². The zero-order valence-electron chi connectivity index (χ0n) is 10.4. The molecule has 17 heavy (non-hydrogen) atoms. The second-order valence-corrected chi connectivity index (χ2v) is 4.84. The lowest BCUT2D eigenvalue weighted by atomic mass is 9.86. The summed E-state index contributed by atoms with van der Waals surface area (Å²) in [6.07, 6.45) is 6.57. The Morgan fingerprint density at radius 2 is 2.24 bits per heavy atom. The lowest BCUT2D eigenvalue weighted by Gasteiger charge is -2.29. The van der Waals surface area contributed by atoms with Gasteiger partial charge in [-0.3, -0.25) is 10.00 Å². The van der Waals surface area contributed by atoms with Gasteiger partial charge >= 0.3 is 6.03 Å². The number of aryl methyl sites for hydroxylation is 1. The molecule has 1 aliphatic rings. The second kappa shape index (κ2) is 5.21. The number of aromatic nitrogens is 2. The fraction of sp³-hybridized carbons (Fsp3) is 0.667. The van der Waals surface area contributed by atoms with Gasteiger partial charge < -0.3 is 5.32 Å². The van der Waals surface area contributed by atoms with Gasteiger partial charge in [-0.1, -0.05) is 19.8 Å². The van der Waals surface area contributed by atoms with Crippen LogP contribution < -0.4 is 10.6 Å². The monoisotopic (exact) mass is 236 g/mol. The summed E-state index contributed by atoms with van der Waals surface area (Å²) in [6, 6.07) is 1.93. The minimum Gasteiger partial charge on any atom is -0.335 e. The quantitative estimate of drug-likeness (QED) is 0.826. The Kier molecular flexibility index (Phi) is 3.66. The van der Waals surface area contributed by atoms with Gasteiger partial charge in [0.25, 0.3) is 0 Å². The predicted octanol–water partition coefficient (Wildman–Crippen LogP) is 2.12. The zero-order chi connectivity index (χ0) is 12.3. The highest BCUT2D eigenvalue weighted by Crippen LogP contribution is 2.23. The van der Waals surface area contributed by atoms with Crippen molar-refractivity contribution in [3.8, 4) is 0 Å². The molecule has 1 saturated carbocycles. The SMILES string of the molecule is CC1CCCCC1NC(=O)Nc1ccn(C)n1. The van der Waals surface area contributed by atoms with Crippen LogP contribution in [0.2, 0.25) is 0 Å². The average Bonchev–Trinajstić information content (AvgIpc) is 2.67. The average molecular weight is 236 g/mol. The van der Waals surface area contributed by atoms with Crippen LogP contribution in [0.15, 0.2) is 12.3 Å². The molecule has 2 amide bonds. The molecule has 1 aromatic rings. The third kappa shape index (κ3) is 3.22. The van der Waals surface area contributed by atoms with Gasteiger partial charge in [0.15, 0.2) is 5.82 Å². The Morgan fingerprint density at radius 3 is 2.88 bits per heavy atom.